The predicted octanol–water partition coefficient (Wildman–Crippen LogP) is 0.821. The molecule has 29 heavy (non-hydrogen) atoms. The summed E-state index contributed by atoms with van der Waals surface area (Å²) >= 11 is 0. The molecule has 0 aliphatic carbocycles. The standard InChI is InChI=1S/C19H21N5O5/c25-17(13-23-10-4-3-7-18(23)26)20-21-19(27)14-8-11-22(12-9-14)15-5-1-2-6-16(15)24(28)29/h1-7,10,14H,8-9,11-13H2,(H,20,25)(H,21,27). The molecule has 0 radical (unpaired) electrons. The lowest BCUT2D eigenvalue weighted by atomic mass is 9.95. The fourth-order valence-electron chi connectivity index (χ4n) is 3.29. The molecule has 3 rings (SSSR count). The zero-order valence-electron chi connectivity index (χ0n) is 15.6. The highest BCUT2D eigenvalue weighted by Crippen LogP contribution is 2.31. The van der Waals surface area contributed by atoms with Crippen molar-refractivity contribution in [2.75, 3.05) is 18.0 Å². The minimum Gasteiger partial charge on any atom is -0.366 e. The van der Waals surface area contributed by atoms with E-state index in [0.717, 1.165) is 0 Å². The number of carbonyl (C=O) groups is 2. The molecule has 10 heteroatoms. The summed E-state index contributed by atoms with van der Waals surface area (Å²) in [4.78, 5) is 48.5. The van der Waals surface area contributed by atoms with Gasteiger partial charge in [-0.1, -0.05) is 18.2 Å². The van der Waals surface area contributed by atoms with E-state index in [0.29, 0.717) is 31.6 Å². The van der Waals surface area contributed by atoms with Crippen LogP contribution in [-0.4, -0.2) is 34.4 Å². The van der Waals surface area contributed by atoms with Crippen LogP contribution < -0.4 is 21.3 Å². The molecule has 0 saturated carbocycles. The molecule has 0 spiro atoms. The van der Waals surface area contributed by atoms with Gasteiger partial charge in [-0.3, -0.25) is 35.3 Å². The Morgan fingerprint density at radius 1 is 1.07 bits per heavy atom. The first-order valence-electron chi connectivity index (χ1n) is 9.18. The van der Waals surface area contributed by atoms with Crippen LogP contribution in [0, 0.1) is 16.0 Å². The van der Waals surface area contributed by atoms with E-state index in [-0.39, 0.29) is 29.6 Å². The number of pyridine rings is 1. The third-order valence-corrected chi connectivity index (χ3v) is 4.82. The van der Waals surface area contributed by atoms with Crippen molar-refractivity contribution in [1.29, 1.82) is 0 Å². The Kier molecular flexibility index (Phi) is 6.22. The minimum absolute atomic E-state index is 0.0406. The summed E-state index contributed by atoms with van der Waals surface area (Å²) in [6.45, 7) is 0.794. The van der Waals surface area contributed by atoms with Crippen LogP contribution in [0.2, 0.25) is 0 Å². The van der Waals surface area contributed by atoms with Crippen LogP contribution in [0.15, 0.2) is 53.5 Å². The number of carbonyl (C=O) groups excluding carboxylic acids is 2. The average Bonchev–Trinajstić information content (AvgIpc) is 2.74. The molecule has 10 nitrogen and oxygen atoms in total. The molecule has 2 aromatic rings. The van der Waals surface area contributed by atoms with E-state index in [2.05, 4.69) is 10.9 Å². The molecule has 1 aromatic heterocycles. The maximum atomic E-state index is 12.3. The van der Waals surface area contributed by atoms with Crippen molar-refractivity contribution in [3.63, 3.8) is 0 Å². The van der Waals surface area contributed by atoms with Crippen LogP contribution in [0.4, 0.5) is 11.4 Å². The Hall–Kier alpha value is -3.69. The highest BCUT2D eigenvalue weighted by Gasteiger charge is 2.28. The summed E-state index contributed by atoms with van der Waals surface area (Å²) in [5.74, 6) is -1.14. The Labute approximate surface area is 166 Å². The number of rotatable bonds is 5. The summed E-state index contributed by atoms with van der Waals surface area (Å²) in [5.41, 5.74) is 4.99. The maximum Gasteiger partial charge on any atom is 0.292 e. The van der Waals surface area contributed by atoms with Gasteiger partial charge in [0.1, 0.15) is 12.2 Å². The lowest BCUT2D eigenvalue weighted by Gasteiger charge is -2.32. The van der Waals surface area contributed by atoms with Crippen molar-refractivity contribution >= 4 is 23.2 Å². The smallest absolute Gasteiger partial charge is 0.292 e. The number of hydrazine groups is 1. The van der Waals surface area contributed by atoms with Crippen LogP contribution in [0.25, 0.3) is 0 Å². The Balaban J connectivity index is 1.49. The van der Waals surface area contributed by atoms with Crippen LogP contribution >= 0.6 is 0 Å². The van der Waals surface area contributed by atoms with Crippen molar-refractivity contribution in [2.24, 2.45) is 5.92 Å². The number of hydrogen-bond acceptors (Lipinski definition) is 6. The zero-order chi connectivity index (χ0) is 20.8. The van der Waals surface area contributed by atoms with Crippen molar-refractivity contribution in [3.8, 4) is 0 Å². The van der Waals surface area contributed by atoms with Gasteiger partial charge in [0.25, 0.3) is 17.2 Å². The molecule has 1 aromatic carbocycles. The summed E-state index contributed by atoms with van der Waals surface area (Å²) in [7, 11) is 0. The highest BCUT2D eigenvalue weighted by atomic mass is 16.6. The molecule has 152 valence electrons. The van der Waals surface area contributed by atoms with Crippen LogP contribution in [0.5, 0.6) is 0 Å². The average molecular weight is 399 g/mol. The second kappa shape index (κ2) is 9.00. The van der Waals surface area contributed by atoms with Crippen LogP contribution in [0.1, 0.15) is 12.8 Å². The Morgan fingerprint density at radius 3 is 2.45 bits per heavy atom. The minimum atomic E-state index is -0.510. The number of nitrogens with zero attached hydrogens (tertiary/aromatic N) is 3. The van der Waals surface area contributed by atoms with Gasteiger partial charge >= 0.3 is 0 Å². The fourth-order valence-corrected chi connectivity index (χ4v) is 3.29. The molecule has 1 saturated heterocycles. The van der Waals surface area contributed by atoms with Gasteiger partial charge in [-0.25, -0.2) is 0 Å². The first-order chi connectivity index (χ1) is 14.0. The predicted molar refractivity (Wildman–Crippen MR) is 105 cm³/mol. The first kappa shape index (κ1) is 20.1. The van der Waals surface area contributed by atoms with Gasteiger partial charge in [-0.05, 0) is 25.0 Å². The van der Waals surface area contributed by atoms with Gasteiger partial charge in [0.2, 0.25) is 5.91 Å². The van der Waals surface area contributed by atoms with Crippen molar-refractivity contribution in [3.05, 3.63) is 69.1 Å². The van der Waals surface area contributed by atoms with Gasteiger partial charge in [0, 0.05) is 37.3 Å². The van der Waals surface area contributed by atoms with Crippen molar-refractivity contribution < 1.29 is 14.5 Å². The zero-order valence-corrected chi connectivity index (χ0v) is 15.6. The van der Waals surface area contributed by atoms with Gasteiger partial charge in [0.05, 0.1) is 4.92 Å². The summed E-state index contributed by atoms with van der Waals surface area (Å²) in [6.07, 6.45) is 2.50. The molecule has 2 amide bonds. The molecule has 2 heterocycles. The van der Waals surface area contributed by atoms with E-state index < -0.39 is 10.8 Å². The lowest BCUT2D eigenvalue weighted by Crippen LogP contribution is -2.48. The van der Waals surface area contributed by atoms with E-state index in [9.17, 15) is 24.5 Å². The molecular weight excluding hydrogens is 378 g/mol. The topological polar surface area (TPSA) is 127 Å². The number of amides is 2. The normalized spacial score (nSPS) is 14.3. The number of nitrogens with one attached hydrogen (secondary N) is 2. The maximum absolute atomic E-state index is 12.3. The summed E-state index contributed by atoms with van der Waals surface area (Å²) < 4.78 is 1.23. The number of benzene rings is 1. The number of nitro benzene ring substituents is 1. The monoisotopic (exact) mass is 399 g/mol. The Morgan fingerprint density at radius 2 is 1.76 bits per heavy atom. The molecule has 1 fully saturated rings. The molecule has 1 aliphatic rings. The first-order valence-corrected chi connectivity index (χ1v) is 9.18. The van der Waals surface area contributed by atoms with Gasteiger partial charge in [-0.2, -0.15) is 0 Å². The second-order valence-electron chi connectivity index (χ2n) is 6.71. The van der Waals surface area contributed by atoms with Gasteiger partial charge in [0.15, 0.2) is 0 Å². The fraction of sp³-hybridized carbons (Fsp3) is 0.316. The summed E-state index contributed by atoms with van der Waals surface area (Å²) in [6, 6.07) is 11.1. The third-order valence-electron chi connectivity index (χ3n) is 4.82. The number of aromatic nitrogens is 1. The highest BCUT2D eigenvalue weighted by molar-refractivity contribution is 5.83. The van der Waals surface area contributed by atoms with E-state index in [4.69, 9.17) is 0 Å². The molecule has 0 unspecified atom stereocenters. The quantitative estimate of drug-likeness (QED) is 0.566. The molecule has 1 aliphatic heterocycles. The Bertz CT molecular complexity index is 965. The molecule has 2 N–H and O–H groups in total. The third kappa shape index (κ3) is 4.98. The SMILES string of the molecule is O=C(Cn1ccccc1=O)NNC(=O)C1CCN(c2ccccc2[N+](=O)[O-])CC1. The lowest BCUT2D eigenvalue weighted by molar-refractivity contribution is -0.384. The number of anilines is 1. The number of nitro groups is 1. The number of para-hydroxylation sites is 2. The van der Waals surface area contributed by atoms with E-state index >= 15 is 0 Å². The molecule has 0 atom stereocenters. The number of hydrogen-bond donors (Lipinski definition) is 2. The second-order valence-corrected chi connectivity index (χ2v) is 6.71. The molecular formula is C19H21N5O5. The van der Waals surface area contributed by atoms with E-state index in [1.807, 2.05) is 4.90 Å². The van der Waals surface area contributed by atoms with Crippen molar-refractivity contribution in [1.82, 2.24) is 15.4 Å². The van der Waals surface area contributed by atoms with Crippen LogP contribution in [0.3, 0.4) is 0 Å². The van der Waals surface area contributed by atoms with E-state index in [1.54, 1.807) is 30.3 Å². The van der Waals surface area contributed by atoms with Gasteiger partial charge in [-0.15, -0.1) is 0 Å². The molecule has 0 bridgehead atoms. The summed E-state index contributed by atoms with van der Waals surface area (Å²) in [5, 5.41) is 11.2. The largest absolute Gasteiger partial charge is 0.366 e. The number of piperidine rings is 1. The van der Waals surface area contributed by atoms with Crippen molar-refractivity contribution in [2.45, 2.75) is 19.4 Å². The van der Waals surface area contributed by atoms with E-state index in [1.165, 1.54) is 22.9 Å². The van der Waals surface area contributed by atoms with Gasteiger partial charge < -0.3 is 9.47 Å². The van der Waals surface area contributed by atoms with Crippen LogP contribution in [-0.2, 0) is 16.1 Å².